The summed E-state index contributed by atoms with van der Waals surface area (Å²) in [5.74, 6) is 1.11. The minimum absolute atomic E-state index is 0.297. The lowest BCUT2D eigenvalue weighted by Gasteiger charge is -2.18. The molecular weight excluding hydrogens is 272 g/mol. The fourth-order valence-corrected chi connectivity index (χ4v) is 2.57. The van der Waals surface area contributed by atoms with Crippen LogP contribution in [0.5, 0.6) is 0 Å². The topological polar surface area (TPSA) is 80.8 Å². The van der Waals surface area contributed by atoms with E-state index in [9.17, 15) is 0 Å². The number of nitrogens with zero attached hydrogens (tertiary/aromatic N) is 5. The molecule has 2 heterocycles. The number of benzene rings is 1. The molecule has 1 aromatic carbocycles. The van der Waals surface area contributed by atoms with Gasteiger partial charge in [0.25, 0.3) is 0 Å². The van der Waals surface area contributed by atoms with E-state index in [1.54, 1.807) is 0 Å². The lowest BCUT2D eigenvalue weighted by Crippen LogP contribution is -2.18. The molecule has 0 aliphatic carbocycles. The second kappa shape index (κ2) is 5.01. The van der Waals surface area contributed by atoms with E-state index in [0.29, 0.717) is 5.95 Å². The van der Waals surface area contributed by atoms with E-state index in [2.05, 4.69) is 24.8 Å². The van der Waals surface area contributed by atoms with Crippen LogP contribution in [0, 0.1) is 6.92 Å². The van der Waals surface area contributed by atoms with E-state index in [1.807, 2.05) is 37.1 Å². The maximum absolute atomic E-state index is 5.69. The van der Waals surface area contributed by atoms with Gasteiger partial charge in [0.2, 0.25) is 5.95 Å². The van der Waals surface area contributed by atoms with Crippen LogP contribution >= 0.6 is 11.7 Å². The number of hydrogen-bond acceptors (Lipinski definition) is 7. The highest BCUT2D eigenvalue weighted by Crippen LogP contribution is 2.18. The highest BCUT2D eigenvalue weighted by Gasteiger charge is 2.07. The van der Waals surface area contributed by atoms with Crippen LogP contribution in [0.25, 0.3) is 11.0 Å². The van der Waals surface area contributed by atoms with Gasteiger partial charge in [-0.05, 0) is 24.6 Å². The van der Waals surface area contributed by atoms with Gasteiger partial charge in [-0.1, -0.05) is 6.07 Å². The fraction of sp³-hybridized carbons (Fsp3) is 0.231. The predicted octanol–water partition coefficient (Wildman–Crippen LogP) is 2.01. The summed E-state index contributed by atoms with van der Waals surface area (Å²) in [5.41, 5.74) is 9.56. The van der Waals surface area contributed by atoms with Crippen molar-refractivity contribution in [2.24, 2.45) is 0 Å². The number of aromatic nitrogens is 4. The average molecular weight is 286 g/mol. The van der Waals surface area contributed by atoms with Gasteiger partial charge in [0.1, 0.15) is 16.9 Å². The van der Waals surface area contributed by atoms with Gasteiger partial charge in [-0.2, -0.15) is 13.7 Å². The first-order valence-corrected chi connectivity index (χ1v) is 6.88. The Kier molecular flexibility index (Phi) is 3.19. The van der Waals surface area contributed by atoms with Crippen LogP contribution in [0.4, 0.5) is 11.8 Å². The normalized spacial score (nSPS) is 10.9. The van der Waals surface area contributed by atoms with Gasteiger partial charge < -0.3 is 10.6 Å². The quantitative estimate of drug-likeness (QED) is 0.793. The highest BCUT2D eigenvalue weighted by atomic mass is 32.1. The van der Waals surface area contributed by atoms with E-state index < -0.39 is 0 Å². The SMILES string of the molecule is Cc1cc(N(C)Cc2ccc3nsnc3c2)nc(N)n1. The van der Waals surface area contributed by atoms with Crippen molar-refractivity contribution in [2.45, 2.75) is 13.5 Å². The molecule has 2 N–H and O–H groups in total. The van der Waals surface area contributed by atoms with Crippen molar-refractivity contribution in [2.75, 3.05) is 17.7 Å². The summed E-state index contributed by atoms with van der Waals surface area (Å²) in [6.07, 6.45) is 0. The van der Waals surface area contributed by atoms with Gasteiger partial charge >= 0.3 is 0 Å². The predicted molar refractivity (Wildman–Crippen MR) is 80.7 cm³/mol. The zero-order chi connectivity index (χ0) is 14.1. The Bertz CT molecular complexity index is 733. The summed E-state index contributed by atoms with van der Waals surface area (Å²) < 4.78 is 8.45. The third-order valence-corrected chi connectivity index (χ3v) is 3.54. The molecule has 0 fully saturated rings. The molecule has 0 saturated heterocycles. The highest BCUT2D eigenvalue weighted by molar-refractivity contribution is 7.00. The number of anilines is 2. The Balaban J connectivity index is 1.85. The molecule has 3 aromatic rings. The Hall–Kier alpha value is -2.28. The largest absolute Gasteiger partial charge is 0.368 e. The lowest BCUT2D eigenvalue weighted by atomic mass is 10.2. The maximum atomic E-state index is 5.69. The molecule has 0 aliphatic rings. The van der Waals surface area contributed by atoms with Gasteiger partial charge in [0.15, 0.2) is 0 Å². The first-order chi connectivity index (χ1) is 9.61. The van der Waals surface area contributed by atoms with Crippen LogP contribution in [0.3, 0.4) is 0 Å². The molecule has 0 amide bonds. The van der Waals surface area contributed by atoms with Crippen molar-refractivity contribution >= 4 is 34.5 Å². The van der Waals surface area contributed by atoms with Crippen molar-refractivity contribution in [1.82, 2.24) is 18.7 Å². The zero-order valence-corrected chi connectivity index (χ0v) is 12.1. The maximum Gasteiger partial charge on any atom is 0.222 e. The van der Waals surface area contributed by atoms with Gasteiger partial charge in [-0.3, -0.25) is 0 Å². The second-order valence-corrected chi connectivity index (χ2v) is 5.20. The molecule has 0 unspecified atom stereocenters. The van der Waals surface area contributed by atoms with Gasteiger partial charge in [-0.15, -0.1) is 0 Å². The Labute approximate surface area is 120 Å². The molecule has 0 atom stereocenters. The van der Waals surface area contributed by atoms with Crippen molar-refractivity contribution in [3.05, 3.63) is 35.5 Å². The summed E-state index contributed by atoms with van der Waals surface area (Å²) >= 11 is 1.23. The minimum Gasteiger partial charge on any atom is -0.368 e. The standard InChI is InChI=1S/C13H14N6S/c1-8-5-12(16-13(14)15-8)19(2)7-9-3-4-10-11(6-9)18-20-17-10/h3-6H,7H2,1-2H3,(H2,14,15,16). The number of aryl methyl sites for hydroxylation is 1. The third kappa shape index (κ3) is 2.53. The van der Waals surface area contributed by atoms with Gasteiger partial charge in [-0.25, -0.2) is 4.98 Å². The molecular formula is C13H14N6S. The summed E-state index contributed by atoms with van der Waals surface area (Å²) in [5, 5.41) is 0. The minimum atomic E-state index is 0.297. The molecule has 20 heavy (non-hydrogen) atoms. The van der Waals surface area contributed by atoms with Crippen LogP contribution in [0.2, 0.25) is 0 Å². The number of nitrogen functional groups attached to an aromatic ring is 1. The van der Waals surface area contributed by atoms with Crippen LogP contribution in [0.15, 0.2) is 24.3 Å². The fourth-order valence-electron chi connectivity index (χ4n) is 2.05. The van der Waals surface area contributed by atoms with Gasteiger partial charge in [0.05, 0.1) is 11.7 Å². The molecule has 3 rings (SSSR count). The summed E-state index contributed by atoms with van der Waals surface area (Å²) in [6.45, 7) is 2.63. The van der Waals surface area contributed by atoms with Crippen LogP contribution in [-0.4, -0.2) is 25.8 Å². The summed E-state index contributed by atoms with van der Waals surface area (Å²) in [6, 6.07) is 8.01. The Morgan fingerprint density at radius 3 is 2.75 bits per heavy atom. The lowest BCUT2D eigenvalue weighted by molar-refractivity contribution is 0.890. The van der Waals surface area contributed by atoms with Crippen LogP contribution < -0.4 is 10.6 Å². The third-order valence-electron chi connectivity index (χ3n) is 2.99. The monoisotopic (exact) mass is 286 g/mol. The molecule has 7 heteroatoms. The summed E-state index contributed by atoms with van der Waals surface area (Å²) in [7, 11) is 1.98. The van der Waals surface area contributed by atoms with E-state index >= 15 is 0 Å². The Morgan fingerprint density at radius 2 is 1.95 bits per heavy atom. The molecule has 102 valence electrons. The number of nitrogens with two attached hydrogens (primary N) is 1. The number of rotatable bonds is 3. The second-order valence-electron chi connectivity index (χ2n) is 4.67. The first kappa shape index (κ1) is 12.7. The first-order valence-electron chi connectivity index (χ1n) is 6.15. The van der Waals surface area contributed by atoms with E-state index in [4.69, 9.17) is 5.73 Å². The van der Waals surface area contributed by atoms with E-state index in [0.717, 1.165) is 34.7 Å². The molecule has 0 radical (unpaired) electrons. The molecule has 0 bridgehead atoms. The molecule has 0 spiro atoms. The average Bonchev–Trinajstić information content (AvgIpc) is 2.85. The molecule has 0 aliphatic heterocycles. The zero-order valence-electron chi connectivity index (χ0n) is 11.2. The molecule has 6 nitrogen and oxygen atoms in total. The van der Waals surface area contributed by atoms with E-state index in [-0.39, 0.29) is 0 Å². The Morgan fingerprint density at radius 1 is 1.15 bits per heavy atom. The van der Waals surface area contributed by atoms with Crippen molar-refractivity contribution < 1.29 is 0 Å². The number of fused-ring (bicyclic) bond motifs is 1. The van der Waals surface area contributed by atoms with Crippen molar-refractivity contribution in [1.29, 1.82) is 0 Å². The molecule has 2 aromatic heterocycles. The van der Waals surface area contributed by atoms with Crippen molar-refractivity contribution in [3.8, 4) is 0 Å². The van der Waals surface area contributed by atoms with Crippen molar-refractivity contribution in [3.63, 3.8) is 0 Å². The summed E-state index contributed by atoms with van der Waals surface area (Å²) in [4.78, 5) is 10.4. The van der Waals surface area contributed by atoms with Crippen LogP contribution in [0.1, 0.15) is 11.3 Å². The molecule has 0 saturated carbocycles. The van der Waals surface area contributed by atoms with Gasteiger partial charge in [0, 0.05) is 25.4 Å². The number of hydrogen-bond donors (Lipinski definition) is 1. The smallest absolute Gasteiger partial charge is 0.222 e. The van der Waals surface area contributed by atoms with E-state index in [1.165, 1.54) is 11.7 Å². The van der Waals surface area contributed by atoms with Crippen LogP contribution in [-0.2, 0) is 6.54 Å².